The minimum absolute atomic E-state index is 0.141. The number of halogens is 2. The summed E-state index contributed by atoms with van der Waals surface area (Å²) in [6.07, 6.45) is 1.59. The lowest BCUT2D eigenvalue weighted by atomic mass is 10.2. The van der Waals surface area contributed by atoms with Crippen LogP contribution in [0.4, 0.5) is 5.95 Å². The highest BCUT2D eigenvalue weighted by Gasteiger charge is 2.09. The van der Waals surface area contributed by atoms with Crippen molar-refractivity contribution in [1.29, 1.82) is 0 Å². The second-order valence-electron chi connectivity index (χ2n) is 5.71. The van der Waals surface area contributed by atoms with E-state index < -0.39 is 0 Å². The maximum absolute atomic E-state index is 9.73. The molecule has 0 bridgehead atoms. The average molecular weight is 476 g/mol. The molecule has 4 rings (SSSR count). The van der Waals surface area contributed by atoms with Crippen LogP contribution in [0.1, 0.15) is 11.1 Å². The number of aryl methyl sites for hydroxylation is 1. The fraction of sp³-hybridized carbons (Fsp3) is 0.0588. The van der Waals surface area contributed by atoms with Gasteiger partial charge < -0.3 is 10.1 Å². The Bertz CT molecular complexity index is 1150. The van der Waals surface area contributed by atoms with E-state index in [0.29, 0.717) is 14.6 Å². The Morgan fingerprint density at radius 1 is 1.15 bits per heavy atom. The summed E-state index contributed by atoms with van der Waals surface area (Å²) in [5.74, 6) is 0.427. The molecule has 0 aliphatic heterocycles. The minimum atomic E-state index is 0.141. The zero-order valence-corrected chi connectivity index (χ0v) is 16.6. The maximum Gasteiger partial charge on any atom is 0.265 e. The summed E-state index contributed by atoms with van der Waals surface area (Å²) < 4.78 is 1.14. The highest BCUT2D eigenvalue weighted by molar-refractivity contribution is 9.11. The van der Waals surface area contributed by atoms with Crippen LogP contribution in [0.2, 0.25) is 0 Å². The lowest BCUT2D eigenvalue weighted by molar-refractivity contribution is 0.468. The number of rotatable bonds is 3. The van der Waals surface area contributed by atoms with Crippen molar-refractivity contribution >= 4 is 66.1 Å². The Hall–Kier alpha value is -2.52. The first-order chi connectivity index (χ1) is 12.5. The van der Waals surface area contributed by atoms with Crippen molar-refractivity contribution in [3.63, 3.8) is 0 Å². The molecule has 0 saturated carbocycles. The van der Waals surface area contributed by atoms with Gasteiger partial charge in [-0.25, -0.2) is 5.43 Å². The standard InChI is InChI=1S/C17H12Br2N6O/c1-8-2-3-13-10(4-8)14-16(21-13)22-17(25-23-14)24-20-7-9-5-11(18)15(26)12(19)6-9/h2-7,26H,1H3,(H2,21,22,24,25). The molecule has 2 heterocycles. The van der Waals surface area contributed by atoms with Gasteiger partial charge in [0.15, 0.2) is 5.65 Å². The van der Waals surface area contributed by atoms with Gasteiger partial charge in [-0.1, -0.05) is 11.6 Å². The lowest BCUT2D eigenvalue weighted by Gasteiger charge is -2.02. The molecule has 0 spiro atoms. The number of aromatic amines is 1. The maximum atomic E-state index is 9.73. The SMILES string of the molecule is Cc1ccc2[nH]c3nc(NN=Cc4cc(Br)c(O)c(Br)c4)nnc3c2c1. The quantitative estimate of drug-likeness (QED) is 0.299. The van der Waals surface area contributed by atoms with Crippen molar-refractivity contribution in [3.05, 3.63) is 50.4 Å². The summed E-state index contributed by atoms with van der Waals surface area (Å²) >= 11 is 6.56. The Kier molecular flexibility index (Phi) is 4.33. The highest BCUT2D eigenvalue weighted by Crippen LogP contribution is 2.32. The molecular formula is C17H12Br2N6O. The number of benzene rings is 2. The van der Waals surface area contributed by atoms with Crippen LogP contribution in [-0.4, -0.2) is 31.5 Å². The second-order valence-corrected chi connectivity index (χ2v) is 7.42. The Morgan fingerprint density at radius 3 is 2.69 bits per heavy atom. The summed E-state index contributed by atoms with van der Waals surface area (Å²) in [6, 6.07) is 9.57. The van der Waals surface area contributed by atoms with E-state index in [9.17, 15) is 5.11 Å². The fourth-order valence-corrected chi connectivity index (χ4v) is 3.78. The Morgan fingerprint density at radius 2 is 1.92 bits per heavy atom. The molecule has 2 aromatic heterocycles. The zero-order chi connectivity index (χ0) is 18.3. The van der Waals surface area contributed by atoms with Crippen LogP contribution >= 0.6 is 31.9 Å². The van der Waals surface area contributed by atoms with Crippen LogP contribution in [0.15, 0.2) is 44.4 Å². The molecule has 0 aliphatic carbocycles. The molecule has 0 amide bonds. The molecule has 7 nitrogen and oxygen atoms in total. The lowest BCUT2D eigenvalue weighted by Crippen LogP contribution is -1.99. The van der Waals surface area contributed by atoms with Gasteiger partial charge in [0.05, 0.1) is 15.2 Å². The van der Waals surface area contributed by atoms with E-state index in [1.807, 2.05) is 19.1 Å². The van der Waals surface area contributed by atoms with Gasteiger partial charge in [-0.3, -0.25) is 0 Å². The summed E-state index contributed by atoms with van der Waals surface area (Å²) in [5, 5.41) is 23.2. The van der Waals surface area contributed by atoms with Crippen LogP contribution < -0.4 is 5.43 Å². The molecule has 0 atom stereocenters. The van der Waals surface area contributed by atoms with Crippen molar-refractivity contribution in [1.82, 2.24) is 20.2 Å². The molecule has 0 radical (unpaired) electrons. The van der Waals surface area contributed by atoms with Crippen LogP contribution in [0.3, 0.4) is 0 Å². The van der Waals surface area contributed by atoms with E-state index >= 15 is 0 Å². The first-order valence-electron chi connectivity index (χ1n) is 7.61. The smallest absolute Gasteiger partial charge is 0.265 e. The monoisotopic (exact) mass is 474 g/mol. The van der Waals surface area contributed by atoms with Gasteiger partial charge in [0, 0.05) is 10.9 Å². The normalized spacial score (nSPS) is 11.7. The van der Waals surface area contributed by atoms with E-state index in [0.717, 1.165) is 27.5 Å². The molecule has 130 valence electrons. The second kappa shape index (κ2) is 6.65. The Balaban J connectivity index is 1.60. The number of aromatic hydroxyl groups is 1. The molecule has 2 aromatic carbocycles. The third-order valence-electron chi connectivity index (χ3n) is 3.79. The van der Waals surface area contributed by atoms with Crippen molar-refractivity contribution in [2.75, 3.05) is 5.43 Å². The molecular weight excluding hydrogens is 464 g/mol. The molecule has 0 saturated heterocycles. The fourth-order valence-electron chi connectivity index (χ4n) is 2.56. The van der Waals surface area contributed by atoms with Crippen LogP contribution in [0, 0.1) is 6.92 Å². The number of nitrogens with zero attached hydrogens (tertiary/aromatic N) is 4. The van der Waals surface area contributed by atoms with Gasteiger partial charge in [0.1, 0.15) is 11.3 Å². The third kappa shape index (κ3) is 3.15. The van der Waals surface area contributed by atoms with Crippen molar-refractivity contribution in [3.8, 4) is 5.75 Å². The van der Waals surface area contributed by atoms with E-state index in [4.69, 9.17) is 0 Å². The first kappa shape index (κ1) is 16.9. The number of phenolic OH excluding ortho intramolecular Hbond substituents is 1. The molecule has 0 fully saturated rings. The van der Waals surface area contributed by atoms with Crippen molar-refractivity contribution < 1.29 is 5.11 Å². The van der Waals surface area contributed by atoms with Gasteiger partial charge in [0.25, 0.3) is 5.95 Å². The molecule has 4 aromatic rings. The minimum Gasteiger partial charge on any atom is -0.506 e. The number of anilines is 1. The predicted molar refractivity (Wildman–Crippen MR) is 109 cm³/mol. The third-order valence-corrected chi connectivity index (χ3v) is 5.00. The number of aromatic nitrogens is 4. The number of hydrogen-bond donors (Lipinski definition) is 3. The van der Waals surface area contributed by atoms with Gasteiger partial charge in [-0.05, 0) is 68.6 Å². The Labute approximate surface area is 164 Å². The number of hydrazone groups is 1. The highest BCUT2D eigenvalue weighted by atomic mass is 79.9. The number of phenols is 1. The van der Waals surface area contributed by atoms with E-state index in [2.05, 4.69) is 68.6 Å². The average Bonchev–Trinajstić information content (AvgIpc) is 2.96. The summed E-state index contributed by atoms with van der Waals surface area (Å²) in [4.78, 5) is 7.64. The summed E-state index contributed by atoms with van der Waals surface area (Å²) in [7, 11) is 0. The van der Waals surface area contributed by atoms with Crippen molar-refractivity contribution in [2.24, 2.45) is 5.10 Å². The van der Waals surface area contributed by atoms with Crippen LogP contribution in [0.5, 0.6) is 5.75 Å². The van der Waals surface area contributed by atoms with Crippen LogP contribution in [0.25, 0.3) is 22.1 Å². The van der Waals surface area contributed by atoms with Crippen molar-refractivity contribution in [2.45, 2.75) is 6.92 Å². The van der Waals surface area contributed by atoms with Gasteiger partial charge in [0.2, 0.25) is 0 Å². The summed E-state index contributed by atoms with van der Waals surface area (Å²) in [6.45, 7) is 2.03. The first-order valence-corrected chi connectivity index (χ1v) is 9.20. The number of hydrogen-bond acceptors (Lipinski definition) is 6. The molecule has 26 heavy (non-hydrogen) atoms. The predicted octanol–water partition coefficient (Wildman–Crippen LogP) is 4.49. The number of nitrogens with one attached hydrogen (secondary N) is 2. The number of fused-ring (bicyclic) bond motifs is 3. The largest absolute Gasteiger partial charge is 0.506 e. The molecule has 0 aliphatic rings. The molecule has 9 heteroatoms. The topological polar surface area (TPSA) is 99.1 Å². The van der Waals surface area contributed by atoms with Gasteiger partial charge >= 0.3 is 0 Å². The van der Waals surface area contributed by atoms with E-state index in [1.165, 1.54) is 0 Å². The summed E-state index contributed by atoms with van der Waals surface area (Å²) in [5.41, 5.74) is 7.04. The van der Waals surface area contributed by atoms with Crippen LogP contribution in [-0.2, 0) is 0 Å². The van der Waals surface area contributed by atoms with Gasteiger partial charge in [-0.2, -0.15) is 10.1 Å². The zero-order valence-electron chi connectivity index (χ0n) is 13.5. The van der Waals surface area contributed by atoms with Gasteiger partial charge in [-0.15, -0.1) is 10.2 Å². The van der Waals surface area contributed by atoms with E-state index in [-0.39, 0.29) is 11.7 Å². The molecule has 0 unspecified atom stereocenters. The molecule has 3 N–H and O–H groups in total. The number of H-pyrrole nitrogens is 1. The van der Waals surface area contributed by atoms with E-state index in [1.54, 1.807) is 18.3 Å².